The van der Waals surface area contributed by atoms with Crippen molar-refractivity contribution in [3.63, 3.8) is 0 Å². The van der Waals surface area contributed by atoms with Gasteiger partial charge in [-0.15, -0.1) is 0 Å². The molecule has 0 saturated heterocycles. The molecule has 8 aromatic carbocycles. The molecule has 9 aromatic rings. The first-order valence-corrected chi connectivity index (χ1v) is 19.1. The van der Waals surface area contributed by atoms with Gasteiger partial charge < -0.3 is 9.47 Å². The van der Waals surface area contributed by atoms with Crippen LogP contribution >= 0.6 is 0 Å². The molecule has 0 fully saturated rings. The maximum atomic E-state index is 2.57. The molecule has 0 radical (unpaired) electrons. The summed E-state index contributed by atoms with van der Waals surface area (Å²) >= 11 is 0. The van der Waals surface area contributed by atoms with Crippen molar-refractivity contribution in [2.24, 2.45) is 0 Å². The van der Waals surface area contributed by atoms with Gasteiger partial charge in [0.1, 0.15) is 0 Å². The fourth-order valence-corrected chi connectivity index (χ4v) is 10.0. The number of hydrogen-bond donors (Lipinski definition) is 0. The molecule has 1 aromatic heterocycles. The lowest BCUT2D eigenvalue weighted by molar-refractivity contribution is 0.659. The van der Waals surface area contributed by atoms with E-state index in [1.165, 1.54) is 88.5 Å². The van der Waals surface area contributed by atoms with E-state index in [4.69, 9.17) is 0 Å². The van der Waals surface area contributed by atoms with E-state index in [1.54, 1.807) is 0 Å². The van der Waals surface area contributed by atoms with E-state index in [0.29, 0.717) is 0 Å². The van der Waals surface area contributed by atoms with E-state index in [0.717, 1.165) is 11.4 Å². The van der Waals surface area contributed by atoms with Crippen LogP contribution in [0.15, 0.2) is 170 Å². The van der Waals surface area contributed by atoms with Crippen LogP contribution in [-0.4, -0.2) is 4.57 Å². The summed E-state index contributed by atoms with van der Waals surface area (Å²) in [5.41, 5.74) is 17.7. The lowest BCUT2D eigenvalue weighted by Crippen LogP contribution is -2.21. The van der Waals surface area contributed by atoms with Crippen molar-refractivity contribution >= 4 is 49.6 Å². The minimum absolute atomic E-state index is 0.109. The van der Waals surface area contributed by atoms with Crippen LogP contribution in [0.2, 0.25) is 0 Å². The number of para-hydroxylation sites is 2. The van der Waals surface area contributed by atoms with E-state index >= 15 is 0 Å². The molecule has 2 heteroatoms. The van der Waals surface area contributed by atoms with Gasteiger partial charge in [0.05, 0.1) is 22.4 Å². The molecule has 2 aliphatic carbocycles. The van der Waals surface area contributed by atoms with Gasteiger partial charge in [-0.2, -0.15) is 0 Å². The maximum Gasteiger partial charge on any atom is 0.0543 e. The molecule has 54 heavy (non-hydrogen) atoms. The summed E-state index contributed by atoms with van der Waals surface area (Å²) in [7, 11) is 0. The molecule has 0 unspecified atom stereocenters. The summed E-state index contributed by atoms with van der Waals surface area (Å²) in [6.45, 7) is 9.53. The van der Waals surface area contributed by atoms with Crippen molar-refractivity contribution in [3.8, 4) is 27.9 Å². The molecule has 0 aliphatic heterocycles. The van der Waals surface area contributed by atoms with Gasteiger partial charge in [0, 0.05) is 38.5 Å². The van der Waals surface area contributed by atoms with Gasteiger partial charge in [0.25, 0.3) is 0 Å². The van der Waals surface area contributed by atoms with Gasteiger partial charge >= 0.3 is 0 Å². The van der Waals surface area contributed by atoms with Crippen molar-refractivity contribution < 1.29 is 0 Å². The Morgan fingerprint density at radius 1 is 0.426 bits per heavy atom. The van der Waals surface area contributed by atoms with Crippen LogP contribution in [0.5, 0.6) is 0 Å². The normalized spacial score (nSPS) is 14.6. The lowest BCUT2D eigenvalue weighted by Gasteiger charge is -2.34. The van der Waals surface area contributed by atoms with E-state index in [9.17, 15) is 0 Å². The summed E-state index contributed by atoms with van der Waals surface area (Å²) < 4.78 is 2.42. The highest BCUT2D eigenvalue weighted by Gasteiger charge is 2.41. The van der Waals surface area contributed by atoms with Crippen molar-refractivity contribution in [3.05, 3.63) is 192 Å². The second-order valence-corrected chi connectivity index (χ2v) is 16.2. The zero-order chi connectivity index (χ0) is 36.3. The maximum absolute atomic E-state index is 2.57. The quantitative estimate of drug-likeness (QED) is 0.178. The first-order chi connectivity index (χ1) is 26.3. The molecule has 1 heterocycles. The van der Waals surface area contributed by atoms with Crippen molar-refractivity contribution in [2.75, 3.05) is 4.90 Å². The van der Waals surface area contributed by atoms with Crippen LogP contribution in [0.1, 0.15) is 49.9 Å². The fraction of sp³-hybridized carbons (Fsp3) is 0.115. The first-order valence-electron chi connectivity index (χ1n) is 19.1. The topological polar surface area (TPSA) is 8.17 Å². The van der Waals surface area contributed by atoms with Gasteiger partial charge in [0.15, 0.2) is 0 Å². The third-order valence-electron chi connectivity index (χ3n) is 12.5. The predicted molar refractivity (Wildman–Crippen MR) is 228 cm³/mol. The average Bonchev–Trinajstić information content (AvgIpc) is 3.76. The Morgan fingerprint density at radius 3 is 1.76 bits per heavy atom. The highest BCUT2D eigenvalue weighted by atomic mass is 15.2. The lowest BCUT2D eigenvalue weighted by atomic mass is 9.81. The molecule has 2 aliphatic rings. The minimum Gasteiger partial charge on any atom is -0.310 e. The van der Waals surface area contributed by atoms with Gasteiger partial charge in [-0.25, -0.2) is 0 Å². The van der Waals surface area contributed by atoms with Crippen molar-refractivity contribution in [1.29, 1.82) is 0 Å². The van der Waals surface area contributed by atoms with Gasteiger partial charge in [-0.3, -0.25) is 0 Å². The van der Waals surface area contributed by atoms with Crippen LogP contribution in [0.25, 0.3) is 60.5 Å². The monoisotopic (exact) mass is 692 g/mol. The number of benzene rings is 8. The third-order valence-corrected chi connectivity index (χ3v) is 12.5. The third kappa shape index (κ3) is 4.17. The van der Waals surface area contributed by atoms with Crippen molar-refractivity contribution in [2.45, 2.75) is 38.5 Å². The zero-order valence-corrected chi connectivity index (χ0v) is 31.1. The molecule has 2 nitrogen and oxygen atoms in total. The molecular weight excluding hydrogens is 653 g/mol. The van der Waals surface area contributed by atoms with Crippen LogP contribution < -0.4 is 4.90 Å². The van der Waals surface area contributed by atoms with Gasteiger partial charge in [0.2, 0.25) is 0 Å². The molecule has 0 saturated carbocycles. The predicted octanol–water partition coefficient (Wildman–Crippen LogP) is 14.0. The van der Waals surface area contributed by atoms with Gasteiger partial charge in [-0.1, -0.05) is 149 Å². The number of aromatic nitrogens is 1. The van der Waals surface area contributed by atoms with E-state index < -0.39 is 0 Å². The molecule has 11 rings (SSSR count). The average molecular weight is 693 g/mol. The summed E-state index contributed by atoms with van der Waals surface area (Å²) in [6.07, 6.45) is 0. The summed E-state index contributed by atoms with van der Waals surface area (Å²) in [5, 5.41) is 4.98. The van der Waals surface area contributed by atoms with Crippen LogP contribution in [0, 0.1) is 0 Å². The molecule has 258 valence electrons. The number of rotatable bonds is 4. The molecule has 0 bridgehead atoms. The second kappa shape index (κ2) is 11.1. The van der Waals surface area contributed by atoms with Crippen LogP contribution in [0.3, 0.4) is 0 Å². The molecule has 0 atom stereocenters. The number of fused-ring (bicyclic) bond motifs is 10. The Kier molecular flexibility index (Phi) is 6.39. The van der Waals surface area contributed by atoms with Crippen LogP contribution in [0.4, 0.5) is 17.1 Å². The molecular formula is C52H40N2. The van der Waals surface area contributed by atoms with Gasteiger partial charge in [-0.05, 0) is 98.2 Å². The fourth-order valence-electron chi connectivity index (χ4n) is 10.0. The minimum atomic E-state index is -0.184. The van der Waals surface area contributed by atoms with E-state index in [1.807, 2.05) is 0 Å². The van der Waals surface area contributed by atoms with Crippen molar-refractivity contribution in [1.82, 2.24) is 4.57 Å². The number of anilines is 3. The Labute approximate surface area is 316 Å². The van der Waals surface area contributed by atoms with E-state index in [2.05, 4.69) is 207 Å². The van der Waals surface area contributed by atoms with Crippen LogP contribution in [-0.2, 0) is 10.8 Å². The molecule has 0 amide bonds. The number of hydrogen-bond acceptors (Lipinski definition) is 1. The first kappa shape index (κ1) is 31.2. The summed E-state index contributed by atoms with van der Waals surface area (Å²) in [5.74, 6) is 0. The highest BCUT2D eigenvalue weighted by Crippen LogP contribution is 2.58. The Morgan fingerprint density at radius 2 is 1.00 bits per heavy atom. The van der Waals surface area contributed by atoms with E-state index in [-0.39, 0.29) is 10.8 Å². The Hall–Kier alpha value is -6.38. The zero-order valence-electron chi connectivity index (χ0n) is 31.1. The molecule has 0 spiro atoms. The summed E-state index contributed by atoms with van der Waals surface area (Å²) in [4.78, 5) is 2.57. The highest BCUT2D eigenvalue weighted by molar-refractivity contribution is 6.09. The molecule has 0 N–H and O–H groups in total. The number of nitrogens with zero attached hydrogens (tertiary/aromatic N) is 2. The SMILES string of the molecule is CC1(C)c2ccccc2-c2c(N(c3ccc4ccc(-n5c6ccccc6c6ccccc65)cc4c3)c3cccc4c3C(C)(C)c3ccccc3-4)cccc21. The largest absolute Gasteiger partial charge is 0.310 e. The Bertz CT molecular complexity index is 2960. The standard InChI is InChI=1S/C52H40N2/c1-51(2)43-21-10-6-18-41(43)49-44(51)22-14-25-47(49)54(48-26-13-19-40-37-15-5-9-20-42(37)52(3,4)50(40)48)36-30-28-33-27-29-35(31-34(33)32-36)53-45-23-11-7-16-38(45)39-17-8-12-24-46(39)53/h5-32H,1-4H3. The second-order valence-electron chi connectivity index (χ2n) is 16.2. The Balaban J connectivity index is 1.19. The smallest absolute Gasteiger partial charge is 0.0543 e. The summed E-state index contributed by atoms with van der Waals surface area (Å²) in [6, 6.07) is 63.3.